The molecule has 0 spiro atoms. The first-order chi connectivity index (χ1) is 9.52. The summed E-state index contributed by atoms with van der Waals surface area (Å²) < 4.78 is 7.04. The van der Waals surface area contributed by atoms with Crippen LogP contribution >= 0.6 is 0 Å². The molecule has 2 aromatic rings. The SMILES string of the molecule is COc1ccc(NCc2cnc(N(C)C)n2C)cc1O. The number of aromatic hydroxyl groups is 1. The minimum absolute atomic E-state index is 0.122. The number of anilines is 2. The Bertz CT molecular complexity index is 593. The Hall–Kier alpha value is -2.37. The summed E-state index contributed by atoms with van der Waals surface area (Å²) in [5.74, 6) is 1.49. The minimum Gasteiger partial charge on any atom is -0.504 e. The van der Waals surface area contributed by atoms with E-state index in [0.29, 0.717) is 12.3 Å². The second kappa shape index (κ2) is 5.73. The molecule has 6 nitrogen and oxygen atoms in total. The van der Waals surface area contributed by atoms with Gasteiger partial charge in [-0.2, -0.15) is 0 Å². The molecule has 0 unspecified atom stereocenters. The summed E-state index contributed by atoms with van der Waals surface area (Å²) in [7, 11) is 7.42. The lowest BCUT2D eigenvalue weighted by molar-refractivity contribution is 0.373. The number of phenolic OH excluding ortho intramolecular Hbond substituents is 1. The van der Waals surface area contributed by atoms with Crippen molar-refractivity contribution in [1.29, 1.82) is 0 Å². The van der Waals surface area contributed by atoms with E-state index < -0.39 is 0 Å². The quantitative estimate of drug-likeness (QED) is 0.872. The average Bonchev–Trinajstić information content (AvgIpc) is 2.78. The number of imidazole rings is 1. The normalized spacial score (nSPS) is 10.4. The largest absolute Gasteiger partial charge is 0.504 e. The second-order valence-electron chi connectivity index (χ2n) is 4.74. The van der Waals surface area contributed by atoms with Crippen molar-refractivity contribution in [1.82, 2.24) is 9.55 Å². The smallest absolute Gasteiger partial charge is 0.204 e. The predicted octanol–water partition coefficient (Wildman–Crippen LogP) is 1.81. The fourth-order valence-corrected chi connectivity index (χ4v) is 2.01. The molecule has 0 amide bonds. The lowest BCUT2D eigenvalue weighted by Crippen LogP contribution is -2.15. The third kappa shape index (κ3) is 2.79. The number of phenols is 1. The molecule has 1 aromatic heterocycles. The van der Waals surface area contributed by atoms with Crippen LogP contribution in [0, 0.1) is 0 Å². The Kier molecular flexibility index (Phi) is 4.02. The first kappa shape index (κ1) is 14.0. The van der Waals surface area contributed by atoms with Gasteiger partial charge < -0.3 is 24.6 Å². The van der Waals surface area contributed by atoms with E-state index >= 15 is 0 Å². The molecule has 1 heterocycles. The second-order valence-corrected chi connectivity index (χ2v) is 4.74. The maximum atomic E-state index is 9.73. The molecule has 108 valence electrons. The van der Waals surface area contributed by atoms with Crippen molar-refractivity contribution in [2.24, 2.45) is 7.05 Å². The monoisotopic (exact) mass is 276 g/mol. The standard InChI is InChI=1S/C14H20N4O2/c1-17(2)14-16-9-11(18(14)3)8-15-10-5-6-13(20-4)12(19)7-10/h5-7,9,15,19H,8H2,1-4H3. The molecule has 0 saturated carbocycles. The van der Waals surface area contributed by atoms with E-state index in [0.717, 1.165) is 17.3 Å². The van der Waals surface area contributed by atoms with Crippen molar-refractivity contribution in [3.05, 3.63) is 30.1 Å². The average molecular weight is 276 g/mol. The summed E-state index contributed by atoms with van der Waals surface area (Å²) in [5, 5.41) is 13.0. The number of aromatic nitrogens is 2. The maximum Gasteiger partial charge on any atom is 0.204 e. The van der Waals surface area contributed by atoms with Gasteiger partial charge in [-0.05, 0) is 12.1 Å². The number of rotatable bonds is 5. The van der Waals surface area contributed by atoms with Crippen LogP contribution in [0.1, 0.15) is 5.69 Å². The van der Waals surface area contributed by atoms with Gasteiger partial charge in [0.25, 0.3) is 0 Å². The Balaban J connectivity index is 2.07. The van der Waals surface area contributed by atoms with E-state index in [1.165, 1.54) is 7.11 Å². The number of nitrogens with zero attached hydrogens (tertiary/aromatic N) is 3. The molecule has 0 aliphatic carbocycles. The molecule has 0 radical (unpaired) electrons. The number of hydrogen-bond acceptors (Lipinski definition) is 5. The van der Waals surface area contributed by atoms with Crippen molar-refractivity contribution >= 4 is 11.6 Å². The van der Waals surface area contributed by atoms with Gasteiger partial charge in [0.2, 0.25) is 5.95 Å². The van der Waals surface area contributed by atoms with Crippen molar-refractivity contribution in [2.45, 2.75) is 6.54 Å². The highest BCUT2D eigenvalue weighted by Gasteiger charge is 2.08. The molecule has 0 aliphatic rings. The van der Waals surface area contributed by atoms with Crippen LogP contribution in [0.25, 0.3) is 0 Å². The zero-order valence-corrected chi connectivity index (χ0v) is 12.2. The Labute approximate surface area is 118 Å². The van der Waals surface area contributed by atoms with Gasteiger partial charge in [0.05, 0.1) is 25.5 Å². The molecule has 0 saturated heterocycles. The van der Waals surface area contributed by atoms with Gasteiger partial charge in [-0.3, -0.25) is 0 Å². The first-order valence-electron chi connectivity index (χ1n) is 6.31. The number of hydrogen-bond donors (Lipinski definition) is 2. The zero-order valence-electron chi connectivity index (χ0n) is 12.2. The molecule has 0 aliphatic heterocycles. The van der Waals surface area contributed by atoms with Crippen LogP contribution in [0.2, 0.25) is 0 Å². The van der Waals surface area contributed by atoms with Gasteiger partial charge >= 0.3 is 0 Å². The highest BCUT2D eigenvalue weighted by Crippen LogP contribution is 2.28. The Morgan fingerprint density at radius 1 is 1.40 bits per heavy atom. The van der Waals surface area contributed by atoms with Crippen LogP contribution in [0.3, 0.4) is 0 Å². The van der Waals surface area contributed by atoms with Gasteiger partial charge in [-0.15, -0.1) is 0 Å². The number of ether oxygens (including phenoxy) is 1. The Morgan fingerprint density at radius 2 is 2.15 bits per heavy atom. The van der Waals surface area contributed by atoms with E-state index in [4.69, 9.17) is 4.74 Å². The van der Waals surface area contributed by atoms with Crippen molar-refractivity contribution in [3.8, 4) is 11.5 Å². The van der Waals surface area contributed by atoms with Crippen molar-refractivity contribution < 1.29 is 9.84 Å². The fraction of sp³-hybridized carbons (Fsp3) is 0.357. The third-order valence-corrected chi connectivity index (χ3v) is 3.11. The topological polar surface area (TPSA) is 62.5 Å². The highest BCUT2D eigenvalue weighted by atomic mass is 16.5. The molecule has 1 aromatic carbocycles. The molecule has 2 N–H and O–H groups in total. The van der Waals surface area contributed by atoms with E-state index in [9.17, 15) is 5.11 Å². The van der Waals surface area contributed by atoms with E-state index in [2.05, 4.69) is 10.3 Å². The van der Waals surface area contributed by atoms with Gasteiger partial charge in [-0.25, -0.2) is 4.98 Å². The molecule has 0 atom stereocenters. The van der Waals surface area contributed by atoms with Gasteiger partial charge in [0, 0.05) is 32.9 Å². The van der Waals surface area contributed by atoms with E-state index in [-0.39, 0.29) is 5.75 Å². The molecular weight excluding hydrogens is 256 g/mol. The number of nitrogens with one attached hydrogen (secondary N) is 1. The van der Waals surface area contributed by atoms with Crippen LogP contribution in [0.5, 0.6) is 11.5 Å². The summed E-state index contributed by atoms with van der Waals surface area (Å²) in [6.07, 6.45) is 1.84. The summed E-state index contributed by atoms with van der Waals surface area (Å²) in [6.45, 7) is 0.628. The highest BCUT2D eigenvalue weighted by molar-refractivity contribution is 5.54. The van der Waals surface area contributed by atoms with E-state index in [1.54, 1.807) is 12.1 Å². The zero-order chi connectivity index (χ0) is 14.7. The molecule has 2 rings (SSSR count). The molecular formula is C14H20N4O2. The van der Waals surface area contributed by atoms with Crippen LogP contribution in [0.15, 0.2) is 24.4 Å². The lowest BCUT2D eigenvalue weighted by Gasteiger charge is -2.13. The van der Waals surface area contributed by atoms with Crippen LogP contribution in [-0.4, -0.2) is 35.9 Å². The van der Waals surface area contributed by atoms with Crippen molar-refractivity contribution in [3.63, 3.8) is 0 Å². The summed E-state index contributed by atoms with van der Waals surface area (Å²) >= 11 is 0. The predicted molar refractivity (Wildman–Crippen MR) is 79.5 cm³/mol. The summed E-state index contributed by atoms with van der Waals surface area (Å²) in [6, 6.07) is 5.23. The summed E-state index contributed by atoms with van der Waals surface area (Å²) in [4.78, 5) is 6.31. The van der Waals surface area contributed by atoms with Gasteiger partial charge in [0.15, 0.2) is 11.5 Å². The van der Waals surface area contributed by atoms with Gasteiger partial charge in [-0.1, -0.05) is 0 Å². The Morgan fingerprint density at radius 3 is 2.70 bits per heavy atom. The molecule has 6 heteroatoms. The first-order valence-corrected chi connectivity index (χ1v) is 6.31. The van der Waals surface area contributed by atoms with Crippen molar-refractivity contribution in [2.75, 3.05) is 31.4 Å². The molecule has 0 bridgehead atoms. The maximum absolute atomic E-state index is 9.73. The fourth-order valence-electron chi connectivity index (χ4n) is 2.01. The van der Waals surface area contributed by atoms with Crippen LogP contribution in [-0.2, 0) is 13.6 Å². The van der Waals surface area contributed by atoms with Crippen LogP contribution in [0.4, 0.5) is 11.6 Å². The van der Waals surface area contributed by atoms with Gasteiger partial charge in [0.1, 0.15) is 0 Å². The van der Waals surface area contributed by atoms with E-state index in [1.807, 2.05) is 42.9 Å². The third-order valence-electron chi connectivity index (χ3n) is 3.11. The van der Waals surface area contributed by atoms with Crippen LogP contribution < -0.4 is 15.0 Å². The summed E-state index contributed by atoms with van der Waals surface area (Å²) in [5.41, 5.74) is 1.89. The lowest BCUT2D eigenvalue weighted by atomic mass is 10.2. The molecule has 20 heavy (non-hydrogen) atoms. The minimum atomic E-state index is 0.122. The number of benzene rings is 1. The molecule has 0 fully saturated rings. The number of methoxy groups -OCH3 is 1.